The molecule has 2 fully saturated rings. The average Bonchev–Trinajstić information content (AvgIpc) is 2.81. The number of nitrogens with zero attached hydrogens (tertiary/aromatic N) is 1. The highest BCUT2D eigenvalue weighted by molar-refractivity contribution is 7.89. The SMILES string of the molecule is C=CC(=O)NC1C(C)CN(S(=O)(=O)c2ccc(C(=O)NCCC3CCCCC3)cc2)CC1C. The van der Waals surface area contributed by atoms with Crippen molar-refractivity contribution in [2.75, 3.05) is 19.6 Å². The summed E-state index contributed by atoms with van der Waals surface area (Å²) in [7, 11) is -3.69. The molecule has 0 bridgehead atoms. The van der Waals surface area contributed by atoms with E-state index in [0.717, 1.165) is 6.42 Å². The Labute approximate surface area is 198 Å². The largest absolute Gasteiger partial charge is 0.352 e. The van der Waals surface area contributed by atoms with E-state index in [0.29, 0.717) is 31.1 Å². The number of hydrogen-bond donors (Lipinski definition) is 2. The van der Waals surface area contributed by atoms with Crippen LogP contribution in [0, 0.1) is 17.8 Å². The summed E-state index contributed by atoms with van der Waals surface area (Å²) in [4.78, 5) is 24.4. The van der Waals surface area contributed by atoms with Crippen LogP contribution in [-0.4, -0.2) is 50.2 Å². The van der Waals surface area contributed by atoms with Gasteiger partial charge in [0, 0.05) is 31.2 Å². The predicted octanol–water partition coefficient (Wildman–Crippen LogP) is 3.33. The van der Waals surface area contributed by atoms with Crippen LogP contribution in [-0.2, 0) is 14.8 Å². The van der Waals surface area contributed by atoms with Crippen molar-refractivity contribution in [1.29, 1.82) is 0 Å². The quantitative estimate of drug-likeness (QED) is 0.564. The monoisotopic (exact) mass is 475 g/mol. The van der Waals surface area contributed by atoms with E-state index in [4.69, 9.17) is 0 Å². The minimum absolute atomic E-state index is 0.0401. The fourth-order valence-electron chi connectivity index (χ4n) is 5.10. The summed E-state index contributed by atoms with van der Waals surface area (Å²) < 4.78 is 27.9. The third-order valence-electron chi connectivity index (χ3n) is 7.02. The van der Waals surface area contributed by atoms with Gasteiger partial charge < -0.3 is 10.6 Å². The van der Waals surface area contributed by atoms with Gasteiger partial charge in [-0.1, -0.05) is 52.5 Å². The second-order valence-corrected chi connectivity index (χ2v) is 11.5. The molecule has 0 radical (unpaired) electrons. The highest BCUT2D eigenvalue weighted by atomic mass is 32.2. The van der Waals surface area contributed by atoms with E-state index < -0.39 is 10.0 Å². The van der Waals surface area contributed by atoms with Crippen LogP contribution in [0.3, 0.4) is 0 Å². The van der Waals surface area contributed by atoms with Gasteiger partial charge >= 0.3 is 0 Å². The number of carbonyl (C=O) groups is 2. The van der Waals surface area contributed by atoms with Crippen molar-refractivity contribution >= 4 is 21.8 Å². The van der Waals surface area contributed by atoms with Crippen molar-refractivity contribution in [3.8, 4) is 0 Å². The van der Waals surface area contributed by atoms with E-state index in [1.165, 1.54) is 54.6 Å². The maximum atomic E-state index is 13.2. The van der Waals surface area contributed by atoms with Gasteiger partial charge in [0.1, 0.15) is 0 Å². The second-order valence-electron chi connectivity index (χ2n) is 9.59. The lowest BCUT2D eigenvalue weighted by Gasteiger charge is -2.40. The van der Waals surface area contributed by atoms with Crippen LogP contribution >= 0.6 is 0 Å². The Morgan fingerprint density at radius 3 is 2.24 bits per heavy atom. The molecule has 2 atom stereocenters. The van der Waals surface area contributed by atoms with Crippen molar-refractivity contribution in [2.24, 2.45) is 17.8 Å². The van der Waals surface area contributed by atoms with Crippen molar-refractivity contribution in [3.05, 3.63) is 42.5 Å². The van der Waals surface area contributed by atoms with Crippen molar-refractivity contribution in [1.82, 2.24) is 14.9 Å². The number of piperidine rings is 1. The maximum Gasteiger partial charge on any atom is 0.251 e. The van der Waals surface area contributed by atoms with E-state index in [-0.39, 0.29) is 34.6 Å². The molecule has 1 aliphatic heterocycles. The van der Waals surface area contributed by atoms with Gasteiger partial charge in [-0.2, -0.15) is 4.31 Å². The molecular weight excluding hydrogens is 438 g/mol. The minimum Gasteiger partial charge on any atom is -0.352 e. The summed E-state index contributed by atoms with van der Waals surface area (Å²) >= 11 is 0. The van der Waals surface area contributed by atoms with Crippen LogP contribution in [0.4, 0.5) is 0 Å². The molecule has 182 valence electrons. The fourth-order valence-corrected chi connectivity index (χ4v) is 6.74. The molecule has 33 heavy (non-hydrogen) atoms. The zero-order valence-electron chi connectivity index (χ0n) is 19.8. The average molecular weight is 476 g/mol. The molecular formula is C25H37N3O4S. The number of sulfonamides is 1. The molecule has 1 saturated carbocycles. The van der Waals surface area contributed by atoms with Gasteiger partial charge in [-0.3, -0.25) is 9.59 Å². The number of hydrogen-bond acceptors (Lipinski definition) is 4. The first-order valence-corrected chi connectivity index (χ1v) is 13.5. The number of rotatable bonds is 8. The molecule has 0 spiro atoms. The Morgan fingerprint density at radius 1 is 1.06 bits per heavy atom. The first kappa shape index (κ1) is 25.4. The fraction of sp³-hybridized carbons (Fsp3) is 0.600. The van der Waals surface area contributed by atoms with Crippen LogP contribution in [0.25, 0.3) is 0 Å². The Balaban J connectivity index is 1.58. The Morgan fingerprint density at radius 2 is 1.67 bits per heavy atom. The minimum atomic E-state index is -3.69. The van der Waals surface area contributed by atoms with E-state index in [9.17, 15) is 18.0 Å². The third-order valence-corrected chi connectivity index (χ3v) is 8.87. The van der Waals surface area contributed by atoms with Gasteiger partial charge in [0.05, 0.1) is 4.90 Å². The summed E-state index contributed by atoms with van der Waals surface area (Å²) in [6, 6.07) is 6.06. The molecule has 2 unspecified atom stereocenters. The summed E-state index contributed by atoms with van der Waals surface area (Å²) in [6.45, 7) is 8.64. The van der Waals surface area contributed by atoms with Crippen molar-refractivity contribution in [2.45, 2.75) is 63.3 Å². The van der Waals surface area contributed by atoms with Gasteiger partial charge in [0.2, 0.25) is 15.9 Å². The summed E-state index contributed by atoms with van der Waals surface area (Å²) in [5, 5.41) is 5.88. The van der Waals surface area contributed by atoms with Crippen LogP contribution in [0.2, 0.25) is 0 Å². The molecule has 8 heteroatoms. The van der Waals surface area contributed by atoms with Gasteiger partial charge in [-0.05, 0) is 54.5 Å². The molecule has 1 saturated heterocycles. The molecule has 1 aliphatic carbocycles. The Bertz CT molecular complexity index is 927. The Kier molecular flexibility index (Phi) is 8.70. The highest BCUT2D eigenvalue weighted by Crippen LogP contribution is 2.28. The summed E-state index contributed by atoms with van der Waals surface area (Å²) in [5.74, 6) is 0.201. The normalized spacial score (nSPS) is 24.7. The number of amides is 2. The molecule has 3 rings (SSSR count). The van der Waals surface area contributed by atoms with Crippen LogP contribution in [0.5, 0.6) is 0 Å². The van der Waals surface area contributed by atoms with E-state index >= 15 is 0 Å². The topological polar surface area (TPSA) is 95.6 Å². The van der Waals surface area contributed by atoms with Gasteiger partial charge in [-0.15, -0.1) is 0 Å². The highest BCUT2D eigenvalue weighted by Gasteiger charge is 2.38. The first-order valence-electron chi connectivity index (χ1n) is 12.0. The van der Waals surface area contributed by atoms with E-state index in [2.05, 4.69) is 17.2 Å². The van der Waals surface area contributed by atoms with Gasteiger partial charge in [0.25, 0.3) is 5.91 Å². The first-order chi connectivity index (χ1) is 15.7. The lowest BCUT2D eigenvalue weighted by atomic mass is 9.87. The molecule has 2 N–H and O–H groups in total. The summed E-state index contributed by atoms with van der Waals surface area (Å²) in [6.07, 6.45) is 8.61. The second kappa shape index (κ2) is 11.3. The predicted molar refractivity (Wildman–Crippen MR) is 129 cm³/mol. The molecule has 2 amide bonds. The van der Waals surface area contributed by atoms with Crippen molar-refractivity contribution in [3.63, 3.8) is 0 Å². The number of nitrogens with one attached hydrogen (secondary N) is 2. The number of carbonyl (C=O) groups excluding carboxylic acids is 2. The van der Waals surface area contributed by atoms with Crippen LogP contribution < -0.4 is 10.6 Å². The third kappa shape index (κ3) is 6.44. The Hall–Kier alpha value is -2.19. The standard InChI is InChI=1S/C25H37N3O4S/c1-4-23(29)27-24-18(2)16-28(17-19(24)3)33(31,32)22-12-10-21(11-13-22)25(30)26-15-14-20-8-6-5-7-9-20/h4,10-13,18-20,24H,1,5-9,14-17H2,2-3H3,(H,26,30)(H,27,29). The molecule has 1 heterocycles. The lowest BCUT2D eigenvalue weighted by molar-refractivity contribution is -0.118. The molecule has 2 aliphatic rings. The molecule has 7 nitrogen and oxygen atoms in total. The summed E-state index contributed by atoms with van der Waals surface area (Å²) in [5.41, 5.74) is 0.463. The van der Waals surface area contributed by atoms with Crippen molar-refractivity contribution < 1.29 is 18.0 Å². The van der Waals surface area contributed by atoms with Gasteiger partial charge in [-0.25, -0.2) is 8.42 Å². The number of benzene rings is 1. The zero-order valence-corrected chi connectivity index (χ0v) is 20.6. The lowest BCUT2D eigenvalue weighted by Crippen LogP contribution is -2.55. The van der Waals surface area contributed by atoms with Crippen LogP contribution in [0.1, 0.15) is 62.7 Å². The smallest absolute Gasteiger partial charge is 0.251 e. The van der Waals surface area contributed by atoms with E-state index in [1.54, 1.807) is 12.1 Å². The zero-order chi connectivity index (χ0) is 24.0. The van der Waals surface area contributed by atoms with Crippen LogP contribution in [0.15, 0.2) is 41.8 Å². The molecule has 1 aromatic rings. The van der Waals surface area contributed by atoms with Gasteiger partial charge in [0.15, 0.2) is 0 Å². The molecule has 1 aromatic carbocycles. The van der Waals surface area contributed by atoms with E-state index in [1.807, 2.05) is 13.8 Å². The maximum absolute atomic E-state index is 13.2. The molecule has 0 aromatic heterocycles.